The lowest BCUT2D eigenvalue weighted by atomic mass is 10.1. The molecule has 2 rings (SSSR count). The van der Waals surface area contributed by atoms with Gasteiger partial charge in [-0.1, -0.05) is 12.1 Å². The summed E-state index contributed by atoms with van der Waals surface area (Å²) in [5.74, 6) is 0.225. The Morgan fingerprint density at radius 2 is 2.00 bits per heavy atom. The SMILES string of the molecule is FC(F)(F)Oc1cc(C2CC2)ccc1CCl. The summed E-state index contributed by atoms with van der Waals surface area (Å²) < 4.78 is 40.4. The van der Waals surface area contributed by atoms with Crippen LogP contribution in [-0.2, 0) is 5.88 Å². The molecule has 0 atom stereocenters. The highest BCUT2D eigenvalue weighted by Crippen LogP contribution is 2.42. The van der Waals surface area contributed by atoms with E-state index in [1.807, 2.05) is 6.07 Å². The van der Waals surface area contributed by atoms with Crippen molar-refractivity contribution in [3.8, 4) is 5.75 Å². The molecule has 1 aromatic rings. The zero-order valence-electron chi connectivity index (χ0n) is 8.35. The molecule has 0 saturated heterocycles. The number of hydrogen-bond acceptors (Lipinski definition) is 1. The average molecular weight is 251 g/mol. The van der Waals surface area contributed by atoms with Crippen LogP contribution in [0.5, 0.6) is 5.75 Å². The molecule has 1 fully saturated rings. The Bertz CT molecular complexity index is 385. The first-order valence-electron chi connectivity index (χ1n) is 4.94. The average Bonchev–Trinajstić information content (AvgIpc) is 2.98. The fourth-order valence-electron chi connectivity index (χ4n) is 1.57. The van der Waals surface area contributed by atoms with E-state index < -0.39 is 6.36 Å². The first-order valence-corrected chi connectivity index (χ1v) is 5.47. The smallest absolute Gasteiger partial charge is 0.405 e. The molecule has 16 heavy (non-hydrogen) atoms. The van der Waals surface area contributed by atoms with Gasteiger partial charge in [-0.15, -0.1) is 24.8 Å². The number of ether oxygens (including phenoxy) is 1. The molecule has 1 aromatic carbocycles. The highest BCUT2D eigenvalue weighted by molar-refractivity contribution is 6.17. The van der Waals surface area contributed by atoms with Gasteiger partial charge in [-0.05, 0) is 30.4 Å². The molecule has 0 spiro atoms. The van der Waals surface area contributed by atoms with Crippen LogP contribution < -0.4 is 4.74 Å². The van der Waals surface area contributed by atoms with Crippen molar-refractivity contribution in [2.75, 3.05) is 0 Å². The summed E-state index contributed by atoms with van der Waals surface area (Å²) in [5, 5.41) is 0. The molecular weight excluding hydrogens is 241 g/mol. The molecule has 0 N–H and O–H groups in total. The zero-order valence-corrected chi connectivity index (χ0v) is 9.11. The highest BCUT2D eigenvalue weighted by atomic mass is 35.5. The second kappa shape index (κ2) is 4.17. The second-order valence-corrected chi connectivity index (χ2v) is 4.09. The summed E-state index contributed by atoms with van der Waals surface area (Å²) in [5.41, 5.74) is 1.26. The van der Waals surface area contributed by atoms with Gasteiger partial charge in [0.25, 0.3) is 0 Å². The maximum atomic E-state index is 12.1. The lowest BCUT2D eigenvalue weighted by Crippen LogP contribution is -2.18. The number of halogens is 4. The van der Waals surface area contributed by atoms with Gasteiger partial charge in [-0.2, -0.15) is 0 Å². The molecule has 0 unspecified atom stereocenters. The summed E-state index contributed by atoms with van der Waals surface area (Å²) in [6, 6.07) is 4.86. The van der Waals surface area contributed by atoms with Crippen molar-refractivity contribution in [1.29, 1.82) is 0 Å². The van der Waals surface area contributed by atoms with Gasteiger partial charge in [0.2, 0.25) is 0 Å². The molecule has 1 saturated carbocycles. The molecule has 0 radical (unpaired) electrons. The van der Waals surface area contributed by atoms with Crippen molar-refractivity contribution in [3.05, 3.63) is 29.3 Å². The predicted molar refractivity (Wildman–Crippen MR) is 54.7 cm³/mol. The minimum Gasteiger partial charge on any atom is -0.405 e. The lowest BCUT2D eigenvalue weighted by molar-refractivity contribution is -0.274. The van der Waals surface area contributed by atoms with Crippen LogP contribution in [0.1, 0.15) is 29.9 Å². The third-order valence-corrected chi connectivity index (χ3v) is 2.80. The molecule has 0 aliphatic heterocycles. The Balaban J connectivity index is 2.27. The van der Waals surface area contributed by atoms with E-state index in [9.17, 15) is 13.2 Å². The molecular formula is C11H10ClF3O. The van der Waals surface area contributed by atoms with Gasteiger partial charge >= 0.3 is 6.36 Å². The standard InChI is InChI=1S/C11H10ClF3O/c12-6-9-4-3-8(7-1-2-7)5-10(9)16-11(13,14)15/h3-5,7H,1-2,6H2. The van der Waals surface area contributed by atoms with Gasteiger partial charge in [0, 0.05) is 5.56 Å². The summed E-state index contributed by atoms with van der Waals surface area (Å²) in [4.78, 5) is 0. The van der Waals surface area contributed by atoms with E-state index in [1.54, 1.807) is 6.07 Å². The van der Waals surface area contributed by atoms with E-state index >= 15 is 0 Å². The maximum Gasteiger partial charge on any atom is 0.573 e. The van der Waals surface area contributed by atoms with Crippen molar-refractivity contribution in [2.24, 2.45) is 0 Å². The Morgan fingerprint density at radius 3 is 2.50 bits per heavy atom. The summed E-state index contributed by atoms with van der Waals surface area (Å²) in [7, 11) is 0. The zero-order chi connectivity index (χ0) is 11.8. The van der Waals surface area contributed by atoms with Crippen LogP contribution in [0.25, 0.3) is 0 Å². The van der Waals surface area contributed by atoms with E-state index in [0.29, 0.717) is 11.5 Å². The largest absolute Gasteiger partial charge is 0.573 e. The van der Waals surface area contributed by atoms with E-state index in [2.05, 4.69) is 4.74 Å². The van der Waals surface area contributed by atoms with Crippen LogP contribution in [0, 0.1) is 0 Å². The Kier molecular flexibility index (Phi) is 3.02. The van der Waals surface area contributed by atoms with E-state index in [4.69, 9.17) is 11.6 Å². The minimum atomic E-state index is -4.66. The van der Waals surface area contributed by atoms with E-state index in [1.165, 1.54) is 6.07 Å². The highest BCUT2D eigenvalue weighted by Gasteiger charge is 2.33. The number of benzene rings is 1. The van der Waals surface area contributed by atoms with Crippen LogP contribution in [0.3, 0.4) is 0 Å². The van der Waals surface area contributed by atoms with Gasteiger partial charge in [-0.25, -0.2) is 0 Å². The maximum absolute atomic E-state index is 12.1. The molecule has 0 heterocycles. The van der Waals surface area contributed by atoms with Crippen molar-refractivity contribution in [2.45, 2.75) is 31.0 Å². The van der Waals surface area contributed by atoms with Crippen molar-refractivity contribution in [3.63, 3.8) is 0 Å². The van der Waals surface area contributed by atoms with Gasteiger partial charge in [0.05, 0.1) is 5.88 Å². The van der Waals surface area contributed by atoms with Crippen LogP contribution in [-0.4, -0.2) is 6.36 Å². The Morgan fingerprint density at radius 1 is 1.31 bits per heavy atom. The Hall–Kier alpha value is -0.900. The van der Waals surface area contributed by atoms with Crippen LogP contribution in [0.2, 0.25) is 0 Å². The van der Waals surface area contributed by atoms with Crippen LogP contribution in [0.4, 0.5) is 13.2 Å². The predicted octanol–water partition coefficient (Wildman–Crippen LogP) is 4.20. The first kappa shape index (κ1) is 11.6. The molecule has 5 heteroatoms. The molecule has 1 aliphatic rings. The topological polar surface area (TPSA) is 9.23 Å². The first-order chi connectivity index (χ1) is 7.49. The van der Waals surface area contributed by atoms with Gasteiger partial charge in [0.15, 0.2) is 0 Å². The number of hydrogen-bond donors (Lipinski definition) is 0. The summed E-state index contributed by atoms with van der Waals surface area (Å²) >= 11 is 5.56. The van der Waals surface area contributed by atoms with Crippen molar-refractivity contribution in [1.82, 2.24) is 0 Å². The quantitative estimate of drug-likeness (QED) is 0.731. The fraction of sp³-hybridized carbons (Fsp3) is 0.455. The van der Waals surface area contributed by atoms with Crippen molar-refractivity contribution >= 4 is 11.6 Å². The normalized spacial score (nSPS) is 16.2. The molecule has 0 amide bonds. The number of alkyl halides is 4. The molecule has 0 bridgehead atoms. The second-order valence-electron chi connectivity index (χ2n) is 3.82. The summed E-state index contributed by atoms with van der Waals surface area (Å²) in [6.07, 6.45) is -2.60. The Labute approximate surface area is 96.2 Å². The van der Waals surface area contributed by atoms with Crippen LogP contribution >= 0.6 is 11.6 Å². The molecule has 1 aliphatic carbocycles. The molecule has 0 aromatic heterocycles. The van der Waals surface area contributed by atoms with E-state index in [0.717, 1.165) is 18.4 Å². The minimum absolute atomic E-state index is 0.0103. The van der Waals surface area contributed by atoms with Crippen LogP contribution in [0.15, 0.2) is 18.2 Å². The fourth-order valence-corrected chi connectivity index (χ4v) is 1.79. The van der Waals surface area contributed by atoms with Gasteiger partial charge in [0.1, 0.15) is 5.75 Å². The van der Waals surface area contributed by atoms with Crippen molar-refractivity contribution < 1.29 is 17.9 Å². The molecule has 88 valence electrons. The third-order valence-electron chi connectivity index (χ3n) is 2.51. The summed E-state index contributed by atoms with van der Waals surface area (Å²) in [6.45, 7) is 0. The third kappa shape index (κ3) is 2.82. The van der Waals surface area contributed by atoms with Gasteiger partial charge < -0.3 is 4.74 Å². The molecule has 1 nitrogen and oxygen atoms in total. The van der Waals surface area contributed by atoms with E-state index in [-0.39, 0.29) is 11.6 Å². The monoisotopic (exact) mass is 250 g/mol. The van der Waals surface area contributed by atoms with Gasteiger partial charge in [-0.3, -0.25) is 0 Å². The number of rotatable bonds is 3. The lowest BCUT2D eigenvalue weighted by Gasteiger charge is -2.13.